The molecule has 3 rings (SSSR count). The molecule has 0 aliphatic carbocycles. The summed E-state index contributed by atoms with van der Waals surface area (Å²) < 4.78 is 5.07. The maximum Gasteiger partial charge on any atom is 0.227 e. The summed E-state index contributed by atoms with van der Waals surface area (Å²) in [6.45, 7) is 4.70. The summed E-state index contributed by atoms with van der Waals surface area (Å²) in [7, 11) is 0. The van der Waals surface area contributed by atoms with Gasteiger partial charge in [0, 0.05) is 19.4 Å². The molecule has 1 fully saturated rings. The molecule has 0 radical (unpaired) electrons. The molecule has 1 aromatic heterocycles. The Balaban J connectivity index is 1.66. The average molecular weight is 299 g/mol. The van der Waals surface area contributed by atoms with Crippen molar-refractivity contribution >= 4 is 5.91 Å². The zero-order valence-electron chi connectivity index (χ0n) is 13.1. The van der Waals surface area contributed by atoms with Crippen LogP contribution in [-0.4, -0.2) is 27.5 Å². The molecule has 1 saturated heterocycles. The van der Waals surface area contributed by atoms with E-state index < -0.39 is 0 Å². The van der Waals surface area contributed by atoms with Crippen molar-refractivity contribution in [1.29, 1.82) is 0 Å². The summed E-state index contributed by atoms with van der Waals surface area (Å²) >= 11 is 0. The largest absolute Gasteiger partial charge is 0.339 e. The number of hydrogen-bond donors (Lipinski definition) is 0. The van der Waals surface area contributed by atoms with E-state index in [1.165, 1.54) is 11.1 Å². The molecule has 0 bridgehead atoms. The Morgan fingerprint density at radius 1 is 1.41 bits per heavy atom. The summed E-state index contributed by atoms with van der Waals surface area (Å²) in [6.07, 6.45) is 3.03. The van der Waals surface area contributed by atoms with Crippen LogP contribution < -0.4 is 0 Å². The van der Waals surface area contributed by atoms with Crippen molar-refractivity contribution < 1.29 is 9.32 Å². The quantitative estimate of drug-likeness (QED) is 0.871. The number of rotatable bonds is 4. The van der Waals surface area contributed by atoms with E-state index in [1.54, 1.807) is 6.92 Å². The molecule has 5 nitrogen and oxygen atoms in total. The Kier molecular flexibility index (Phi) is 4.22. The van der Waals surface area contributed by atoms with Crippen molar-refractivity contribution in [3.05, 3.63) is 47.1 Å². The van der Waals surface area contributed by atoms with Crippen LogP contribution in [0.1, 0.15) is 48.1 Å². The highest BCUT2D eigenvalue weighted by Crippen LogP contribution is 2.32. The van der Waals surface area contributed by atoms with Crippen LogP contribution >= 0.6 is 0 Å². The SMILES string of the molecule is Cc1cccc(C2CCCN2C(=O)CCc2nc(C)no2)c1. The van der Waals surface area contributed by atoms with E-state index in [9.17, 15) is 4.79 Å². The smallest absolute Gasteiger partial charge is 0.227 e. The summed E-state index contributed by atoms with van der Waals surface area (Å²) in [5.41, 5.74) is 2.47. The van der Waals surface area contributed by atoms with Gasteiger partial charge in [-0.1, -0.05) is 35.0 Å². The van der Waals surface area contributed by atoms with Crippen LogP contribution in [0.15, 0.2) is 28.8 Å². The second-order valence-electron chi connectivity index (χ2n) is 5.89. The number of benzene rings is 1. The van der Waals surface area contributed by atoms with Gasteiger partial charge in [-0.15, -0.1) is 0 Å². The van der Waals surface area contributed by atoms with Gasteiger partial charge < -0.3 is 9.42 Å². The van der Waals surface area contributed by atoms with E-state index >= 15 is 0 Å². The third-order valence-electron chi connectivity index (χ3n) is 4.12. The molecule has 1 unspecified atom stereocenters. The zero-order valence-corrected chi connectivity index (χ0v) is 13.1. The molecule has 5 heteroatoms. The number of amides is 1. The van der Waals surface area contributed by atoms with Crippen LogP contribution in [-0.2, 0) is 11.2 Å². The van der Waals surface area contributed by atoms with E-state index in [0.717, 1.165) is 19.4 Å². The first-order valence-electron chi connectivity index (χ1n) is 7.79. The van der Waals surface area contributed by atoms with Crippen molar-refractivity contribution in [3.8, 4) is 0 Å². The molecule has 116 valence electrons. The number of hydrogen-bond acceptors (Lipinski definition) is 4. The predicted molar refractivity (Wildman–Crippen MR) is 82.2 cm³/mol. The molecular weight excluding hydrogens is 278 g/mol. The van der Waals surface area contributed by atoms with Crippen LogP contribution in [0.3, 0.4) is 0 Å². The number of aromatic nitrogens is 2. The van der Waals surface area contributed by atoms with Crippen LogP contribution in [0, 0.1) is 13.8 Å². The molecular formula is C17H21N3O2. The zero-order chi connectivity index (χ0) is 15.5. The fourth-order valence-electron chi connectivity index (χ4n) is 3.09. The number of nitrogens with zero attached hydrogens (tertiary/aromatic N) is 3. The Morgan fingerprint density at radius 3 is 3.00 bits per heavy atom. The second kappa shape index (κ2) is 6.30. The fraction of sp³-hybridized carbons (Fsp3) is 0.471. The molecule has 1 aliphatic rings. The Hall–Kier alpha value is -2.17. The molecule has 0 N–H and O–H groups in total. The molecule has 2 heterocycles. The first kappa shape index (κ1) is 14.8. The van der Waals surface area contributed by atoms with Gasteiger partial charge in [0.25, 0.3) is 0 Å². The van der Waals surface area contributed by atoms with E-state index in [0.29, 0.717) is 24.6 Å². The number of aryl methyl sites for hydroxylation is 3. The number of likely N-dealkylation sites (tertiary alicyclic amines) is 1. The molecule has 0 saturated carbocycles. The lowest BCUT2D eigenvalue weighted by Crippen LogP contribution is -2.30. The van der Waals surface area contributed by atoms with Gasteiger partial charge in [-0.3, -0.25) is 4.79 Å². The first-order chi connectivity index (χ1) is 10.6. The molecule has 22 heavy (non-hydrogen) atoms. The summed E-state index contributed by atoms with van der Waals surface area (Å²) in [5, 5.41) is 3.75. The standard InChI is InChI=1S/C17H21N3O2/c1-12-5-3-6-14(11-12)15-7-4-10-20(15)17(21)9-8-16-18-13(2)19-22-16/h3,5-6,11,15H,4,7-10H2,1-2H3. The Bertz CT molecular complexity index is 665. The first-order valence-corrected chi connectivity index (χ1v) is 7.79. The number of carbonyl (C=O) groups is 1. The van der Waals surface area contributed by atoms with Crippen LogP contribution in [0.5, 0.6) is 0 Å². The second-order valence-corrected chi connectivity index (χ2v) is 5.89. The van der Waals surface area contributed by atoms with Crippen LogP contribution in [0.2, 0.25) is 0 Å². The van der Waals surface area contributed by atoms with E-state index in [-0.39, 0.29) is 11.9 Å². The van der Waals surface area contributed by atoms with Crippen LogP contribution in [0.25, 0.3) is 0 Å². The molecule has 1 amide bonds. The lowest BCUT2D eigenvalue weighted by molar-refractivity contribution is -0.132. The van der Waals surface area contributed by atoms with Crippen LogP contribution in [0.4, 0.5) is 0 Å². The third kappa shape index (κ3) is 3.18. The van der Waals surface area contributed by atoms with Crippen molar-refractivity contribution in [2.45, 2.75) is 45.6 Å². The van der Waals surface area contributed by atoms with Crippen molar-refractivity contribution in [3.63, 3.8) is 0 Å². The fourth-order valence-corrected chi connectivity index (χ4v) is 3.09. The summed E-state index contributed by atoms with van der Waals surface area (Å²) in [4.78, 5) is 18.7. The summed E-state index contributed by atoms with van der Waals surface area (Å²) in [6, 6.07) is 8.65. The van der Waals surface area contributed by atoms with Crippen molar-refractivity contribution in [2.24, 2.45) is 0 Å². The molecule has 1 atom stereocenters. The maximum atomic E-state index is 12.5. The highest BCUT2D eigenvalue weighted by atomic mass is 16.5. The van der Waals surface area contributed by atoms with Gasteiger partial charge in [-0.2, -0.15) is 4.98 Å². The van der Waals surface area contributed by atoms with E-state index in [1.807, 2.05) is 4.90 Å². The predicted octanol–water partition coefficient (Wildman–Crippen LogP) is 2.98. The highest BCUT2D eigenvalue weighted by molar-refractivity contribution is 5.77. The van der Waals surface area contributed by atoms with Gasteiger partial charge >= 0.3 is 0 Å². The average Bonchev–Trinajstić information content (AvgIpc) is 3.13. The molecule has 1 aliphatic heterocycles. The van der Waals surface area contributed by atoms with Crippen molar-refractivity contribution in [1.82, 2.24) is 15.0 Å². The number of carbonyl (C=O) groups excluding carboxylic acids is 1. The minimum atomic E-state index is 0.167. The van der Waals surface area contributed by atoms with Gasteiger partial charge in [0.05, 0.1) is 6.04 Å². The molecule has 2 aromatic rings. The van der Waals surface area contributed by atoms with Gasteiger partial charge in [-0.05, 0) is 32.3 Å². The minimum absolute atomic E-state index is 0.167. The minimum Gasteiger partial charge on any atom is -0.339 e. The van der Waals surface area contributed by atoms with Crippen molar-refractivity contribution in [2.75, 3.05) is 6.54 Å². The van der Waals surface area contributed by atoms with Gasteiger partial charge in [0.1, 0.15) is 0 Å². The topological polar surface area (TPSA) is 59.2 Å². The lowest BCUT2D eigenvalue weighted by atomic mass is 10.0. The maximum absolute atomic E-state index is 12.5. The van der Waals surface area contributed by atoms with Gasteiger partial charge in [0.15, 0.2) is 5.82 Å². The monoisotopic (exact) mass is 299 g/mol. The molecule has 0 spiro atoms. The van der Waals surface area contributed by atoms with Gasteiger partial charge in [0.2, 0.25) is 11.8 Å². The van der Waals surface area contributed by atoms with E-state index in [2.05, 4.69) is 41.3 Å². The summed E-state index contributed by atoms with van der Waals surface area (Å²) in [5.74, 6) is 1.32. The molecule has 1 aromatic carbocycles. The van der Waals surface area contributed by atoms with E-state index in [4.69, 9.17) is 4.52 Å². The highest BCUT2D eigenvalue weighted by Gasteiger charge is 2.29. The Labute approximate surface area is 130 Å². The third-order valence-corrected chi connectivity index (χ3v) is 4.12. The van der Waals surface area contributed by atoms with Gasteiger partial charge in [-0.25, -0.2) is 0 Å². The normalized spacial score (nSPS) is 17.9. The Morgan fingerprint density at radius 2 is 2.27 bits per heavy atom. The lowest BCUT2D eigenvalue weighted by Gasteiger charge is -2.25.